The Balaban J connectivity index is 2.04. The van der Waals surface area contributed by atoms with Gasteiger partial charge in [-0.1, -0.05) is 0 Å². The minimum Gasteiger partial charge on any atom is -0.467 e. The second-order valence-electron chi connectivity index (χ2n) is 4.97. The first-order chi connectivity index (χ1) is 9.63. The van der Waals surface area contributed by atoms with E-state index in [2.05, 4.69) is 17.2 Å². The number of nitrogens with two attached hydrogens (primary N) is 1. The Bertz CT molecular complexity index is 735. The highest BCUT2D eigenvalue weighted by Gasteiger charge is 2.11. The average Bonchev–Trinajstić information content (AvgIpc) is 2.93. The predicted molar refractivity (Wildman–Crippen MR) is 81.6 cm³/mol. The van der Waals surface area contributed by atoms with E-state index in [-0.39, 0.29) is 6.04 Å². The topological polar surface area (TPSA) is 64.1 Å². The Hall–Kier alpha value is -2.49. The number of nitrogen functional groups attached to an aromatic ring is 1. The number of benzene rings is 1. The summed E-state index contributed by atoms with van der Waals surface area (Å²) in [6.07, 6.45) is 1.68. The Kier molecular flexibility index (Phi) is 3.06. The van der Waals surface area contributed by atoms with Crippen molar-refractivity contribution < 1.29 is 4.42 Å². The number of nitrogens with one attached hydrogen (secondary N) is 1. The summed E-state index contributed by atoms with van der Waals surface area (Å²) in [6, 6.07) is 11.7. The first kappa shape index (κ1) is 12.5. The standard InChI is InChI=1S/C16H17N3O/c1-10-8-15(19-11(2)16-4-3-7-20-16)13-9-12(17)5-6-14(13)18-10/h3-9,11H,17H2,1-2H3,(H,18,19). The maximum Gasteiger partial charge on any atom is 0.125 e. The van der Waals surface area contributed by atoms with Gasteiger partial charge in [0.1, 0.15) is 5.76 Å². The summed E-state index contributed by atoms with van der Waals surface area (Å²) < 4.78 is 5.43. The molecular formula is C16H17N3O. The summed E-state index contributed by atoms with van der Waals surface area (Å²) in [4.78, 5) is 4.53. The number of hydrogen-bond acceptors (Lipinski definition) is 4. The van der Waals surface area contributed by atoms with Gasteiger partial charge in [0.05, 0.1) is 17.8 Å². The third kappa shape index (κ3) is 2.32. The molecule has 0 saturated heterocycles. The van der Waals surface area contributed by atoms with Crippen LogP contribution in [0, 0.1) is 6.92 Å². The minimum absolute atomic E-state index is 0.0800. The minimum atomic E-state index is 0.0800. The molecule has 4 heteroatoms. The van der Waals surface area contributed by atoms with Crippen molar-refractivity contribution in [2.75, 3.05) is 11.1 Å². The fourth-order valence-corrected chi connectivity index (χ4v) is 2.34. The molecule has 1 atom stereocenters. The van der Waals surface area contributed by atoms with Gasteiger partial charge in [-0.05, 0) is 50.2 Å². The summed E-state index contributed by atoms with van der Waals surface area (Å²) in [5.41, 5.74) is 9.54. The van der Waals surface area contributed by atoms with Crippen molar-refractivity contribution in [3.05, 3.63) is 54.1 Å². The number of rotatable bonds is 3. The third-order valence-electron chi connectivity index (χ3n) is 3.30. The van der Waals surface area contributed by atoms with E-state index in [4.69, 9.17) is 10.2 Å². The highest BCUT2D eigenvalue weighted by Crippen LogP contribution is 2.28. The van der Waals surface area contributed by atoms with Crippen LogP contribution in [0.5, 0.6) is 0 Å². The van der Waals surface area contributed by atoms with E-state index < -0.39 is 0 Å². The third-order valence-corrected chi connectivity index (χ3v) is 3.30. The SMILES string of the molecule is Cc1cc(NC(C)c2ccco2)c2cc(N)ccc2n1. The zero-order chi connectivity index (χ0) is 14.1. The molecule has 2 aromatic heterocycles. The van der Waals surface area contributed by atoms with E-state index in [0.29, 0.717) is 0 Å². The van der Waals surface area contributed by atoms with E-state index >= 15 is 0 Å². The summed E-state index contributed by atoms with van der Waals surface area (Å²) in [5, 5.41) is 4.49. The van der Waals surface area contributed by atoms with Crippen molar-refractivity contribution in [2.45, 2.75) is 19.9 Å². The van der Waals surface area contributed by atoms with Gasteiger partial charge in [-0.2, -0.15) is 0 Å². The van der Waals surface area contributed by atoms with Crippen LogP contribution in [0.15, 0.2) is 47.1 Å². The number of hydrogen-bond donors (Lipinski definition) is 2. The molecule has 0 spiro atoms. The molecule has 0 fully saturated rings. The molecule has 3 aromatic rings. The van der Waals surface area contributed by atoms with Gasteiger partial charge in [-0.3, -0.25) is 4.98 Å². The van der Waals surface area contributed by atoms with Crippen LogP contribution in [-0.2, 0) is 0 Å². The second-order valence-corrected chi connectivity index (χ2v) is 4.97. The Morgan fingerprint density at radius 1 is 1.25 bits per heavy atom. The maximum atomic E-state index is 5.88. The van der Waals surface area contributed by atoms with Gasteiger partial charge in [0.15, 0.2) is 0 Å². The van der Waals surface area contributed by atoms with Gasteiger partial charge in [0.25, 0.3) is 0 Å². The van der Waals surface area contributed by atoms with Crippen molar-refractivity contribution in [2.24, 2.45) is 0 Å². The van der Waals surface area contributed by atoms with Crippen molar-refractivity contribution in [3.63, 3.8) is 0 Å². The van der Waals surface area contributed by atoms with E-state index in [0.717, 1.165) is 33.7 Å². The highest BCUT2D eigenvalue weighted by molar-refractivity contribution is 5.93. The lowest BCUT2D eigenvalue weighted by atomic mass is 10.1. The predicted octanol–water partition coefficient (Wildman–Crippen LogP) is 3.89. The molecule has 20 heavy (non-hydrogen) atoms. The van der Waals surface area contributed by atoms with Gasteiger partial charge >= 0.3 is 0 Å². The molecule has 3 N–H and O–H groups in total. The van der Waals surface area contributed by atoms with Gasteiger partial charge in [0, 0.05) is 22.5 Å². The molecule has 0 aliphatic heterocycles. The molecule has 0 saturated carbocycles. The Morgan fingerprint density at radius 2 is 2.10 bits per heavy atom. The zero-order valence-electron chi connectivity index (χ0n) is 11.6. The second kappa shape index (κ2) is 4.89. The van der Waals surface area contributed by atoms with Crippen molar-refractivity contribution in [1.29, 1.82) is 0 Å². The number of fused-ring (bicyclic) bond motifs is 1. The maximum absolute atomic E-state index is 5.88. The molecule has 102 valence electrons. The smallest absolute Gasteiger partial charge is 0.125 e. The number of anilines is 2. The van der Waals surface area contributed by atoms with Crippen molar-refractivity contribution in [3.8, 4) is 0 Å². The van der Waals surface area contributed by atoms with Crippen LogP contribution in [-0.4, -0.2) is 4.98 Å². The number of furan rings is 1. The first-order valence-corrected chi connectivity index (χ1v) is 6.60. The van der Waals surface area contributed by atoms with Gasteiger partial charge in [0.2, 0.25) is 0 Å². The lowest BCUT2D eigenvalue weighted by Gasteiger charge is -2.16. The van der Waals surface area contributed by atoms with E-state index in [1.165, 1.54) is 0 Å². The lowest BCUT2D eigenvalue weighted by Crippen LogP contribution is -2.06. The van der Waals surface area contributed by atoms with E-state index in [9.17, 15) is 0 Å². The normalized spacial score (nSPS) is 12.5. The number of nitrogens with zero attached hydrogens (tertiary/aromatic N) is 1. The number of pyridine rings is 1. The molecule has 1 aromatic carbocycles. The molecule has 0 radical (unpaired) electrons. The molecule has 0 amide bonds. The van der Waals surface area contributed by atoms with Gasteiger partial charge in [-0.25, -0.2) is 0 Å². The molecule has 2 heterocycles. The lowest BCUT2D eigenvalue weighted by molar-refractivity contribution is 0.491. The van der Waals surface area contributed by atoms with Crippen LogP contribution in [0.25, 0.3) is 10.9 Å². The van der Waals surface area contributed by atoms with Gasteiger partial charge < -0.3 is 15.5 Å². The van der Waals surface area contributed by atoms with Crippen LogP contribution < -0.4 is 11.1 Å². The Labute approximate surface area is 117 Å². The van der Waals surface area contributed by atoms with Crippen LogP contribution in [0.3, 0.4) is 0 Å². The molecule has 0 bridgehead atoms. The van der Waals surface area contributed by atoms with Crippen molar-refractivity contribution in [1.82, 2.24) is 4.98 Å². The molecule has 1 unspecified atom stereocenters. The average molecular weight is 267 g/mol. The molecule has 4 nitrogen and oxygen atoms in total. The van der Waals surface area contributed by atoms with Gasteiger partial charge in [-0.15, -0.1) is 0 Å². The highest BCUT2D eigenvalue weighted by atomic mass is 16.3. The van der Waals surface area contributed by atoms with E-state index in [1.807, 2.05) is 43.3 Å². The summed E-state index contributed by atoms with van der Waals surface area (Å²) in [5.74, 6) is 0.900. The molecule has 3 rings (SSSR count). The zero-order valence-corrected chi connectivity index (χ0v) is 11.6. The fourth-order valence-electron chi connectivity index (χ4n) is 2.34. The van der Waals surface area contributed by atoms with Crippen LogP contribution in [0.1, 0.15) is 24.4 Å². The molecular weight excluding hydrogens is 250 g/mol. The first-order valence-electron chi connectivity index (χ1n) is 6.60. The van der Waals surface area contributed by atoms with Crippen molar-refractivity contribution >= 4 is 22.3 Å². The molecule has 0 aliphatic rings. The Morgan fingerprint density at radius 3 is 2.85 bits per heavy atom. The summed E-state index contributed by atoms with van der Waals surface area (Å²) in [6.45, 7) is 4.05. The number of aryl methyl sites for hydroxylation is 1. The summed E-state index contributed by atoms with van der Waals surface area (Å²) >= 11 is 0. The molecule has 0 aliphatic carbocycles. The fraction of sp³-hybridized carbons (Fsp3) is 0.188. The van der Waals surface area contributed by atoms with Crippen LogP contribution >= 0.6 is 0 Å². The summed E-state index contributed by atoms with van der Waals surface area (Å²) in [7, 11) is 0. The largest absolute Gasteiger partial charge is 0.467 e. The monoisotopic (exact) mass is 267 g/mol. The number of aromatic nitrogens is 1. The van der Waals surface area contributed by atoms with Crippen LogP contribution in [0.2, 0.25) is 0 Å². The van der Waals surface area contributed by atoms with Crippen LogP contribution in [0.4, 0.5) is 11.4 Å². The van der Waals surface area contributed by atoms with E-state index in [1.54, 1.807) is 6.26 Å². The quantitative estimate of drug-likeness (QED) is 0.706.